The van der Waals surface area contributed by atoms with Crippen molar-refractivity contribution < 1.29 is 19.1 Å². The zero-order valence-electron chi connectivity index (χ0n) is 20.0. The van der Waals surface area contributed by atoms with Gasteiger partial charge in [-0.15, -0.1) is 0 Å². The minimum Gasteiger partial charge on any atom is -0.492 e. The van der Waals surface area contributed by atoms with Crippen LogP contribution in [0.3, 0.4) is 0 Å². The number of ether oxygens (including phenoxy) is 1. The van der Waals surface area contributed by atoms with Crippen LogP contribution in [0.4, 0.5) is 0 Å². The van der Waals surface area contributed by atoms with Crippen LogP contribution < -0.4 is 10.1 Å². The fraction of sp³-hybridized carbons (Fsp3) is 0.357. The number of unbranched alkanes of at least 4 members (excludes halogenated alkanes) is 2. The summed E-state index contributed by atoms with van der Waals surface area (Å²) < 4.78 is 5.89. The third-order valence-electron chi connectivity index (χ3n) is 6.51. The molecule has 1 aliphatic heterocycles. The van der Waals surface area contributed by atoms with E-state index in [1.54, 1.807) is 6.20 Å². The summed E-state index contributed by atoms with van der Waals surface area (Å²) in [7, 11) is 1.87. The normalized spacial score (nSPS) is 15.9. The molecule has 3 aromatic rings. The second kappa shape index (κ2) is 11.7. The number of benzene rings is 2. The van der Waals surface area contributed by atoms with Crippen molar-refractivity contribution in [1.29, 1.82) is 0 Å². The molecule has 1 aromatic heterocycles. The predicted molar refractivity (Wildman–Crippen MR) is 134 cm³/mol. The summed E-state index contributed by atoms with van der Waals surface area (Å²) in [6, 6.07) is 15.4. The number of carbonyl (C=O) groups excluding carboxylic acids is 3. The van der Waals surface area contributed by atoms with Crippen LogP contribution in [0.15, 0.2) is 54.7 Å². The number of fused-ring (bicyclic) bond motifs is 1. The molecular weight excluding hydrogens is 442 g/mol. The van der Waals surface area contributed by atoms with Crippen molar-refractivity contribution in [3.8, 4) is 5.75 Å². The minimum atomic E-state index is -0.373. The maximum absolute atomic E-state index is 12.3. The first-order valence-electron chi connectivity index (χ1n) is 12.1. The number of pyridine rings is 1. The molecule has 0 saturated carbocycles. The van der Waals surface area contributed by atoms with Crippen LogP contribution in [-0.4, -0.2) is 47.7 Å². The van der Waals surface area contributed by atoms with Gasteiger partial charge in [-0.2, -0.15) is 0 Å². The van der Waals surface area contributed by atoms with E-state index in [4.69, 9.17) is 4.74 Å². The Morgan fingerprint density at radius 2 is 1.97 bits per heavy atom. The second-order valence-electron chi connectivity index (χ2n) is 9.01. The number of aromatic nitrogens is 1. The zero-order chi connectivity index (χ0) is 24.6. The van der Waals surface area contributed by atoms with Crippen LogP contribution in [0.2, 0.25) is 0 Å². The van der Waals surface area contributed by atoms with Gasteiger partial charge in [0.1, 0.15) is 12.0 Å². The monoisotopic (exact) mass is 473 g/mol. The molecule has 1 aliphatic rings. The number of likely N-dealkylation sites (N-methyl/N-ethyl adjacent to an activating group) is 1. The van der Waals surface area contributed by atoms with Crippen molar-refractivity contribution in [1.82, 2.24) is 15.2 Å². The van der Waals surface area contributed by atoms with Crippen molar-refractivity contribution in [3.05, 3.63) is 71.4 Å². The van der Waals surface area contributed by atoms with E-state index in [9.17, 15) is 14.4 Å². The van der Waals surface area contributed by atoms with Gasteiger partial charge in [0.15, 0.2) is 0 Å². The molecule has 0 spiro atoms. The summed E-state index contributed by atoms with van der Waals surface area (Å²) >= 11 is 0. The first-order valence-corrected chi connectivity index (χ1v) is 12.1. The largest absolute Gasteiger partial charge is 0.492 e. The van der Waals surface area contributed by atoms with Gasteiger partial charge in [-0.25, -0.2) is 0 Å². The number of nitrogens with zero attached hydrogens (tertiary/aromatic N) is 2. The third kappa shape index (κ3) is 6.31. The van der Waals surface area contributed by atoms with Gasteiger partial charge in [0.25, 0.3) is 0 Å². The fourth-order valence-corrected chi connectivity index (χ4v) is 4.57. The van der Waals surface area contributed by atoms with Crippen LogP contribution in [0.1, 0.15) is 53.6 Å². The molecule has 4 rings (SSSR count). The van der Waals surface area contributed by atoms with E-state index in [1.165, 1.54) is 0 Å². The molecule has 0 aliphatic carbocycles. The number of para-hydroxylation sites is 1. The first-order chi connectivity index (χ1) is 17.0. The number of carbonyl (C=O) groups is 3. The van der Waals surface area contributed by atoms with Gasteiger partial charge in [-0.05, 0) is 62.4 Å². The highest BCUT2D eigenvalue weighted by Crippen LogP contribution is 2.22. The number of hydrogen-bond donors (Lipinski definition) is 1. The topological polar surface area (TPSA) is 88.6 Å². The lowest BCUT2D eigenvalue weighted by Gasteiger charge is -2.30. The van der Waals surface area contributed by atoms with Gasteiger partial charge in [0, 0.05) is 23.9 Å². The Morgan fingerprint density at radius 3 is 2.80 bits per heavy atom. The Morgan fingerprint density at radius 1 is 1.11 bits per heavy atom. The molecule has 2 aromatic carbocycles. The summed E-state index contributed by atoms with van der Waals surface area (Å²) in [5, 5.41) is 3.47. The van der Waals surface area contributed by atoms with Crippen molar-refractivity contribution in [2.45, 2.75) is 51.1 Å². The van der Waals surface area contributed by atoms with Gasteiger partial charge in [-0.1, -0.05) is 36.4 Å². The standard InChI is InChI=1S/C28H31N3O4/c1-31(26-13-14-27(33)30-28(26)34)18-24-20(10-7-11-22(24)19-32)8-3-2-6-15-35-23-16-21-9-4-5-12-25(21)29-17-23/h4-5,7,9-12,16-17,19,26H,2-3,6,8,13-15,18H2,1H3,(H,30,33,34). The highest BCUT2D eigenvalue weighted by molar-refractivity contribution is 6.00. The summed E-state index contributed by atoms with van der Waals surface area (Å²) in [6.07, 6.45) is 7.20. The van der Waals surface area contributed by atoms with E-state index < -0.39 is 0 Å². The number of imide groups is 1. The van der Waals surface area contributed by atoms with Crippen LogP contribution in [0.25, 0.3) is 10.9 Å². The zero-order valence-corrected chi connectivity index (χ0v) is 20.0. The third-order valence-corrected chi connectivity index (χ3v) is 6.51. The van der Waals surface area contributed by atoms with Crippen molar-refractivity contribution in [2.24, 2.45) is 0 Å². The molecule has 0 bridgehead atoms. The molecule has 7 heteroatoms. The Bertz CT molecular complexity index is 1210. The Labute approximate surface area is 205 Å². The first kappa shape index (κ1) is 24.5. The van der Waals surface area contributed by atoms with Crippen molar-refractivity contribution >= 4 is 29.0 Å². The van der Waals surface area contributed by atoms with Gasteiger partial charge < -0.3 is 4.74 Å². The number of rotatable bonds is 11. The number of aldehydes is 1. The second-order valence-corrected chi connectivity index (χ2v) is 9.01. The van der Waals surface area contributed by atoms with E-state index in [0.29, 0.717) is 31.6 Å². The van der Waals surface area contributed by atoms with E-state index in [1.807, 2.05) is 54.4 Å². The molecule has 1 saturated heterocycles. The summed E-state index contributed by atoms with van der Waals surface area (Å²) in [5.41, 5.74) is 3.67. The SMILES string of the molecule is CN(Cc1c(C=O)cccc1CCCCCOc1cnc2ccccc2c1)C1CCC(=O)NC1=O. The maximum atomic E-state index is 12.3. The molecule has 182 valence electrons. The van der Waals surface area contributed by atoms with Gasteiger partial charge in [0.2, 0.25) is 11.8 Å². The van der Waals surface area contributed by atoms with Crippen LogP contribution in [0, 0.1) is 0 Å². The molecule has 2 heterocycles. The summed E-state index contributed by atoms with van der Waals surface area (Å²) in [5.74, 6) is 0.283. The van der Waals surface area contributed by atoms with E-state index in [-0.39, 0.29) is 17.9 Å². The molecule has 2 amide bonds. The quantitative estimate of drug-likeness (QED) is 0.257. The molecule has 1 atom stereocenters. The fourth-order valence-electron chi connectivity index (χ4n) is 4.57. The Kier molecular flexibility index (Phi) is 8.21. The maximum Gasteiger partial charge on any atom is 0.243 e. The number of amides is 2. The molecule has 35 heavy (non-hydrogen) atoms. The van der Waals surface area contributed by atoms with Crippen molar-refractivity contribution in [2.75, 3.05) is 13.7 Å². The van der Waals surface area contributed by atoms with E-state index in [2.05, 4.69) is 16.4 Å². The average molecular weight is 474 g/mol. The number of nitrogens with one attached hydrogen (secondary N) is 1. The molecule has 0 radical (unpaired) electrons. The molecular formula is C28H31N3O4. The van der Waals surface area contributed by atoms with Gasteiger partial charge in [0.05, 0.1) is 24.4 Å². The number of hydrogen-bond acceptors (Lipinski definition) is 6. The molecule has 7 nitrogen and oxygen atoms in total. The molecule has 1 unspecified atom stereocenters. The smallest absolute Gasteiger partial charge is 0.243 e. The highest BCUT2D eigenvalue weighted by Gasteiger charge is 2.30. The van der Waals surface area contributed by atoms with E-state index in [0.717, 1.165) is 59.7 Å². The Balaban J connectivity index is 1.29. The average Bonchev–Trinajstić information content (AvgIpc) is 2.86. The van der Waals surface area contributed by atoms with Crippen LogP contribution in [-0.2, 0) is 22.6 Å². The van der Waals surface area contributed by atoms with Gasteiger partial charge in [-0.3, -0.25) is 29.6 Å². The summed E-state index contributed by atoms with van der Waals surface area (Å²) in [6.45, 7) is 1.11. The summed E-state index contributed by atoms with van der Waals surface area (Å²) in [4.78, 5) is 41.8. The van der Waals surface area contributed by atoms with Crippen molar-refractivity contribution in [3.63, 3.8) is 0 Å². The van der Waals surface area contributed by atoms with Gasteiger partial charge >= 0.3 is 0 Å². The predicted octanol–water partition coefficient (Wildman–Crippen LogP) is 4.08. The lowest BCUT2D eigenvalue weighted by molar-refractivity contribution is -0.137. The minimum absolute atomic E-state index is 0.227. The lowest BCUT2D eigenvalue weighted by atomic mass is 9.95. The number of piperidine rings is 1. The molecule has 1 fully saturated rings. The van der Waals surface area contributed by atoms with E-state index >= 15 is 0 Å². The Hall–Kier alpha value is -3.58. The van der Waals surface area contributed by atoms with Crippen LogP contribution >= 0.6 is 0 Å². The van der Waals surface area contributed by atoms with Crippen LogP contribution in [0.5, 0.6) is 5.75 Å². The lowest BCUT2D eigenvalue weighted by Crippen LogP contribution is -2.51. The number of aryl methyl sites for hydroxylation is 1. The highest BCUT2D eigenvalue weighted by atomic mass is 16.5. The molecule has 1 N–H and O–H groups in total.